The van der Waals surface area contributed by atoms with Crippen molar-refractivity contribution in [1.29, 1.82) is 0 Å². The number of carboxylic acids is 1. The van der Waals surface area contributed by atoms with E-state index < -0.39 is 34.9 Å². The van der Waals surface area contributed by atoms with Crippen LogP contribution in [-0.4, -0.2) is 66.6 Å². The van der Waals surface area contributed by atoms with Crippen LogP contribution in [0.25, 0.3) is 0 Å². The molecule has 0 radical (unpaired) electrons. The summed E-state index contributed by atoms with van der Waals surface area (Å²) >= 11 is 1.27. The van der Waals surface area contributed by atoms with E-state index in [-0.39, 0.29) is 22.8 Å². The average molecular weight is 412 g/mol. The lowest BCUT2D eigenvalue weighted by molar-refractivity contribution is -0.143. The van der Waals surface area contributed by atoms with Crippen molar-refractivity contribution in [3.63, 3.8) is 0 Å². The number of hydrogen-bond donors (Lipinski definition) is 1. The summed E-state index contributed by atoms with van der Waals surface area (Å²) < 4.78 is 28.9. The molecule has 2 heterocycles. The molecule has 0 unspecified atom stereocenters. The maximum Gasteiger partial charge on any atom is 0.329 e. The van der Waals surface area contributed by atoms with E-state index in [2.05, 4.69) is 4.99 Å². The standard InChI is InChI=1S/C17H20N2O6S2/c1-10-3-4-12(5-11(10)2)19-13-8-27(23,24)9-14(13)26-17(19)18-15(20)6-25-7-16(21)22/h3-5,13-14H,6-9H2,1-2H3,(H,21,22)/t13-,14-/m1/s1. The number of nitrogens with zero attached hydrogens (tertiary/aromatic N) is 2. The SMILES string of the molecule is Cc1ccc(N2C(=NC(=O)COCC(=O)O)S[C@@H]3CS(=O)(=O)C[C@H]32)cc1C. The molecule has 1 aromatic rings. The van der Waals surface area contributed by atoms with Gasteiger partial charge in [0.2, 0.25) is 0 Å². The number of aliphatic imine (C=N–C) groups is 1. The van der Waals surface area contributed by atoms with Gasteiger partial charge >= 0.3 is 5.97 Å². The molecule has 27 heavy (non-hydrogen) atoms. The number of aryl methyl sites for hydroxylation is 2. The van der Waals surface area contributed by atoms with Crippen LogP contribution in [0.2, 0.25) is 0 Å². The first kappa shape index (κ1) is 19.8. The second-order valence-corrected chi connectivity index (χ2v) is 9.97. The van der Waals surface area contributed by atoms with Crippen LogP contribution in [0.5, 0.6) is 0 Å². The summed E-state index contributed by atoms with van der Waals surface area (Å²) in [5, 5.41) is 8.80. The van der Waals surface area contributed by atoms with Crippen LogP contribution < -0.4 is 4.90 Å². The molecule has 1 amide bonds. The monoisotopic (exact) mass is 412 g/mol. The first-order valence-electron chi connectivity index (χ1n) is 8.31. The van der Waals surface area contributed by atoms with E-state index in [9.17, 15) is 18.0 Å². The lowest BCUT2D eigenvalue weighted by Gasteiger charge is -2.25. The summed E-state index contributed by atoms with van der Waals surface area (Å²) in [6, 6.07) is 5.50. The van der Waals surface area contributed by atoms with Crippen molar-refractivity contribution >= 4 is 44.3 Å². The van der Waals surface area contributed by atoms with Gasteiger partial charge in [0.25, 0.3) is 5.91 Å². The summed E-state index contributed by atoms with van der Waals surface area (Å²) in [7, 11) is -3.13. The smallest absolute Gasteiger partial charge is 0.329 e. The molecule has 0 aliphatic carbocycles. The zero-order valence-electron chi connectivity index (χ0n) is 14.9. The molecule has 3 rings (SSSR count). The minimum absolute atomic E-state index is 0.0142. The Bertz CT molecular complexity index is 912. The van der Waals surface area contributed by atoms with E-state index in [1.807, 2.05) is 32.0 Å². The van der Waals surface area contributed by atoms with Gasteiger partial charge in [-0.1, -0.05) is 17.8 Å². The average Bonchev–Trinajstić information content (AvgIpc) is 3.00. The van der Waals surface area contributed by atoms with E-state index >= 15 is 0 Å². The molecule has 2 atom stereocenters. The Morgan fingerprint density at radius 1 is 1.26 bits per heavy atom. The number of carboxylic acid groups (broad SMARTS) is 1. The van der Waals surface area contributed by atoms with Gasteiger partial charge in [0, 0.05) is 10.9 Å². The lowest BCUT2D eigenvalue weighted by Crippen LogP contribution is -2.37. The molecule has 1 N–H and O–H groups in total. The Kier molecular flexibility index (Phi) is 5.59. The van der Waals surface area contributed by atoms with Gasteiger partial charge in [0.15, 0.2) is 15.0 Å². The number of fused-ring (bicyclic) bond motifs is 1. The zero-order chi connectivity index (χ0) is 19.8. The third kappa shape index (κ3) is 4.50. The predicted octanol–water partition coefficient (Wildman–Crippen LogP) is 1.01. The van der Waals surface area contributed by atoms with Gasteiger partial charge in [-0.2, -0.15) is 4.99 Å². The van der Waals surface area contributed by atoms with Crippen molar-refractivity contribution in [3.05, 3.63) is 29.3 Å². The van der Waals surface area contributed by atoms with Crippen molar-refractivity contribution in [1.82, 2.24) is 0 Å². The fourth-order valence-corrected chi connectivity index (χ4v) is 7.04. The Labute approximate surface area is 161 Å². The van der Waals surface area contributed by atoms with Crippen molar-refractivity contribution in [2.24, 2.45) is 4.99 Å². The predicted molar refractivity (Wildman–Crippen MR) is 103 cm³/mol. The number of ether oxygens (including phenoxy) is 1. The van der Waals surface area contributed by atoms with Gasteiger partial charge in [-0.3, -0.25) is 4.79 Å². The first-order valence-corrected chi connectivity index (χ1v) is 11.0. The van der Waals surface area contributed by atoms with E-state index in [1.54, 1.807) is 4.90 Å². The highest BCUT2D eigenvalue weighted by atomic mass is 32.2. The second-order valence-electron chi connectivity index (χ2n) is 6.61. The highest BCUT2D eigenvalue weighted by Crippen LogP contribution is 2.41. The summed E-state index contributed by atoms with van der Waals surface area (Å²) in [5.74, 6) is -1.70. The highest BCUT2D eigenvalue weighted by molar-refractivity contribution is 8.16. The number of aliphatic carboxylic acids is 1. The maximum atomic E-state index is 12.1. The van der Waals surface area contributed by atoms with Crippen LogP contribution in [0, 0.1) is 13.8 Å². The number of amidine groups is 1. The van der Waals surface area contributed by atoms with Gasteiger partial charge in [-0.05, 0) is 37.1 Å². The van der Waals surface area contributed by atoms with Crippen LogP contribution >= 0.6 is 11.8 Å². The molecule has 2 aliphatic heterocycles. The molecule has 0 saturated carbocycles. The molecule has 146 valence electrons. The van der Waals surface area contributed by atoms with Gasteiger partial charge in [-0.15, -0.1) is 0 Å². The molecule has 0 aromatic heterocycles. The molecule has 0 bridgehead atoms. The van der Waals surface area contributed by atoms with Crippen LogP contribution in [0.4, 0.5) is 5.69 Å². The van der Waals surface area contributed by atoms with Crippen LogP contribution in [0.15, 0.2) is 23.2 Å². The van der Waals surface area contributed by atoms with Crippen molar-refractivity contribution in [2.75, 3.05) is 29.6 Å². The number of rotatable bonds is 5. The number of carbonyl (C=O) groups is 2. The van der Waals surface area contributed by atoms with Gasteiger partial charge in [-0.25, -0.2) is 13.2 Å². The largest absolute Gasteiger partial charge is 0.480 e. The summed E-state index contributed by atoms with van der Waals surface area (Å²) in [6.07, 6.45) is 0. The number of anilines is 1. The van der Waals surface area contributed by atoms with E-state index in [4.69, 9.17) is 9.84 Å². The number of amides is 1. The van der Waals surface area contributed by atoms with Crippen molar-refractivity contribution < 1.29 is 27.9 Å². The fourth-order valence-electron chi connectivity index (χ4n) is 3.11. The summed E-state index contributed by atoms with van der Waals surface area (Å²) in [6.45, 7) is 2.94. The third-order valence-corrected chi connectivity index (χ3v) is 7.72. The molecule has 8 nitrogen and oxygen atoms in total. The third-order valence-electron chi connectivity index (χ3n) is 4.51. The van der Waals surface area contributed by atoms with Crippen molar-refractivity contribution in [2.45, 2.75) is 25.1 Å². The number of hydrogen-bond acceptors (Lipinski definition) is 6. The Morgan fingerprint density at radius 2 is 2.00 bits per heavy atom. The lowest BCUT2D eigenvalue weighted by atomic mass is 10.1. The quantitative estimate of drug-likeness (QED) is 0.762. The van der Waals surface area contributed by atoms with E-state index in [0.717, 1.165) is 16.8 Å². The Hall–Kier alpha value is -1.91. The zero-order valence-corrected chi connectivity index (χ0v) is 16.5. The van der Waals surface area contributed by atoms with Crippen molar-refractivity contribution in [3.8, 4) is 0 Å². The molecule has 2 fully saturated rings. The number of benzene rings is 1. The molecular formula is C17H20N2O6S2. The summed E-state index contributed by atoms with van der Waals surface area (Å²) in [5.41, 5.74) is 2.95. The highest BCUT2D eigenvalue weighted by Gasteiger charge is 2.49. The molecule has 0 spiro atoms. The van der Waals surface area contributed by atoms with E-state index in [0.29, 0.717) is 5.17 Å². The minimum Gasteiger partial charge on any atom is -0.480 e. The maximum absolute atomic E-state index is 12.1. The molecule has 1 aromatic carbocycles. The minimum atomic E-state index is -3.13. The Morgan fingerprint density at radius 3 is 2.67 bits per heavy atom. The first-order chi connectivity index (χ1) is 12.7. The van der Waals surface area contributed by atoms with E-state index in [1.165, 1.54) is 11.8 Å². The molecule has 2 saturated heterocycles. The van der Waals surface area contributed by atoms with Gasteiger partial charge < -0.3 is 14.7 Å². The Balaban J connectivity index is 1.88. The number of sulfone groups is 1. The molecule has 10 heteroatoms. The van der Waals surface area contributed by atoms with Gasteiger partial charge in [0.05, 0.1) is 17.5 Å². The number of thioether (sulfide) groups is 1. The van der Waals surface area contributed by atoms with Crippen LogP contribution in [-0.2, 0) is 24.2 Å². The summed E-state index contributed by atoms with van der Waals surface area (Å²) in [4.78, 5) is 28.4. The van der Waals surface area contributed by atoms with Crippen LogP contribution in [0.1, 0.15) is 11.1 Å². The van der Waals surface area contributed by atoms with Gasteiger partial charge in [0.1, 0.15) is 13.2 Å². The number of carbonyl (C=O) groups excluding carboxylic acids is 1. The molecular weight excluding hydrogens is 392 g/mol. The van der Waals surface area contributed by atoms with Crippen LogP contribution in [0.3, 0.4) is 0 Å². The second kappa shape index (κ2) is 7.61. The topological polar surface area (TPSA) is 113 Å². The molecule has 2 aliphatic rings. The normalized spacial score (nSPS) is 25.0. The fraction of sp³-hybridized carbons (Fsp3) is 0.471.